The Morgan fingerprint density at radius 1 is 0.948 bits per heavy atom. The molecule has 2 aromatic rings. The molecule has 7 atom stereocenters. The van der Waals surface area contributed by atoms with Gasteiger partial charge in [0.1, 0.15) is 23.1 Å². The SMILES string of the molecule is C#CC(=O)N(c1cc(Cl)c(OC(F)(F)F)cc1C)C1(C(=O)O)CCOC(C(C)CC2CCC2Oc2ccc(N(C(=O)C#C)C3(C(=O)O)CCCC(C)C3)c(C)c2Cl)C1. The Bertz CT molecular complexity index is 2050. The molecule has 312 valence electrons. The van der Waals surface area contributed by atoms with Crippen molar-refractivity contribution in [3.63, 3.8) is 0 Å². The first kappa shape index (κ1) is 44.5. The Kier molecular flexibility index (Phi) is 13.3. The molecule has 11 nitrogen and oxygen atoms in total. The zero-order valence-corrected chi connectivity index (χ0v) is 34.0. The van der Waals surface area contributed by atoms with Crippen LogP contribution in [0.25, 0.3) is 0 Å². The first-order chi connectivity index (χ1) is 27.2. The van der Waals surface area contributed by atoms with Crippen molar-refractivity contribution >= 4 is 58.3 Å². The van der Waals surface area contributed by atoms with E-state index in [0.717, 1.165) is 29.9 Å². The number of halogens is 5. The Balaban J connectivity index is 1.36. The number of carbonyl (C=O) groups is 4. The molecule has 2 aromatic carbocycles. The van der Waals surface area contributed by atoms with Gasteiger partial charge in [-0.3, -0.25) is 19.4 Å². The third kappa shape index (κ3) is 8.70. The van der Waals surface area contributed by atoms with Gasteiger partial charge in [0.25, 0.3) is 0 Å². The summed E-state index contributed by atoms with van der Waals surface area (Å²) in [5, 5.41) is 20.9. The van der Waals surface area contributed by atoms with Gasteiger partial charge in [0, 0.05) is 19.4 Å². The normalized spacial score (nSPS) is 26.2. The second kappa shape index (κ2) is 17.3. The number of benzene rings is 2. The average Bonchev–Trinajstić information content (AvgIpc) is 3.15. The molecule has 1 heterocycles. The molecule has 16 heteroatoms. The summed E-state index contributed by atoms with van der Waals surface area (Å²) in [7, 11) is 0. The van der Waals surface area contributed by atoms with Crippen LogP contribution < -0.4 is 19.3 Å². The van der Waals surface area contributed by atoms with Gasteiger partial charge < -0.3 is 24.4 Å². The van der Waals surface area contributed by atoms with Crippen molar-refractivity contribution in [2.45, 2.75) is 115 Å². The number of alkyl halides is 3. The van der Waals surface area contributed by atoms with Gasteiger partial charge in [-0.2, -0.15) is 0 Å². The summed E-state index contributed by atoms with van der Waals surface area (Å²) >= 11 is 13.0. The number of rotatable bonds is 12. The molecule has 2 saturated carbocycles. The van der Waals surface area contributed by atoms with Gasteiger partial charge in [-0.1, -0.05) is 49.9 Å². The van der Waals surface area contributed by atoms with Crippen LogP contribution >= 0.6 is 23.2 Å². The predicted molar refractivity (Wildman–Crippen MR) is 210 cm³/mol. The molecule has 3 fully saturated rings. The molecule has 1 saturated heterocycles. The molecule has 0 aromatic heterocycles. The van der Waals surface area contributed by atoms with Gasteiger partial charge in [-0.25, -0.2) is 9.59 Å². The minimum absolute atomic E-state index is 0.0139. The number of hydrogen-bond acceptors (Lipinski definition) is 7. The molecule has 5 rings (SSSR count). The molecule has 2 aliphatic carbocycles. The van der Waals surface area contributed by atoms with E-state index in [9.17, 15) is 42.6 Å². The number of carboxylic acids is 2. The summed E-state index contributed by atoms with van der Waals surface area (Å²) in [6.07, 6.45) is 8.56. The number of nitrogens with zero attached hydrogens (tertiary/aromatic N) is 2. The highest BCUT2D eigenvalue weighted by molar-refractivity contribution is 6.33. The van der Waals surface area contributed by atoms with Crippen LogP contribution in [-0.4, -0.2) is 70.2 Å². The van der Waals surface area contributed by atoms with Crippen molar-refractivity contribution in [3.8, 4) is 36.2 Å². The van der Waals surface area contributed by atoms with Crippen molar-refractivity contribution in [1.29, 1.82) is 0 Å². The second-order valence-corrected chi connectivity index (χ2v) is 16.4. The van der Waals surface area contributed by atoms with Gasteiger partial charge in [-0.05, 0) is 111 Å². The molecular weight excluding hydrogens is 804 g/mol. The largest absolute Gasteiger partial charge is 0.573 e. The summed E-state index contributed by atoms with van der Waals surface area (Å²) in [6.45, 7) is 6.83. The second-order valence-electron chi connectivity index (χ2n) is 15.7. The Morgan fingerprint density at radius 3 is 2.12 bits per heavy atom. The number of terminal acetylenes is 2. The van der Waals surface area contributed by atoms with Crippen LogP contribution in [0.15, 0.2) is 24.3 Å². The minimum Gasteiger partial charge on any atom is -0.489 e. The summed E-state index contributed by atoms with van der Waals surface area (Å²) < 4.78 is 55.6. The van der Waals surface area contributed by atoms with E-state index < -0.39 is 58.1 Å². The fraction of sp³-hybridized carbons (Fsp3) is 0.524. The number of amides is 2. The van der Waals surface area contributed by atoms with Gasteiger partial charge in [0.15, 0.2) is 5.54 Å². The predicted octanol–water partition coefficient (Wildman–Crippen LogP) is 8.36. The lowest BCUT2D eigenvalue weighted by Crippen LogP contribution is -2.62. The maximum absolute atomic E-state index is 13.4. The highest BCUT2D eigenvalue weighted by Gasteiger charge is 2.53. The van der Waals surface area contributed by atoms with Gasteiger partial charge in [0.2, 0.25) is 0 Å². The maximum atomic E-state index is 13.4. The van der Waals surface area contributed by atoms with E-state index in [4.69, 9.17) is 45.5 Å². The van der Waals surface area contributed by atoms with Crippen LogP contribution in [0.5, 0.6) is 11.5 Å². The number of anilines is 2. The number of hydrogen-bond donors (Lipinski definition) is 2. The highest BCUT2D eigenvalue weighted by atomic mass is 35.5. The van der Waals surface area contributed by atoms with Crippen LogP contribution in [0.3, 0.4) is 0 Å². The molecule has 58 heavy (non-hydrogen) atoms. The highest BCUT2D eigenvalue weighted by Crippen LogP contribution is 2.47. The van der Waals surface area contributed by atoms with Crippen molar-refractivity contribution in [2.75, 3.05) is 16.4 Å². The summed E-state index contributed by atoms with van der Waals surface area (Å²) in [6, 6.07) is 5.20. The quantitative estimate of drug-likeness (QED) is 0.202. The zero-order chi connectivity index (χ0) is 42.9. The van der Waals surface area contributed by atoms with Crippen LogP contribution in [0.4, 0.5) is 24.5 Å². The van der Waals surface area contributed by atoms with Crippen molar-refractivity contribution in [3.05, 3.63) is 45.4 Å². The molecule has 2 amide bonds. The number of ether oxygens (including phenoxy) is 3. The smallest absolute Gasteiger partial charge is 0.489 e. The Labute approximate surface area is 345 Å². The van der Waals surface area contributed by atoms with Crippen LogP contribution in [0, 0.1) is 56.3 Å². The summed E-state index contributed by atoms with van der Waals surface area (Å²) in [5.74, 6) is -0.891. The van der Waals surface area contributed by atoms with Crippen molar-refractivity contribution < 1.29 is 56.8 Å². The first-order valence-electron chi connectivity index (χ1n) is 18.9. The third-order valence-corrected chi connectivity index (χ3v) is 12.6. The molecule has 1 aliphatic heterocycles. The molecule has 0 spiro atoms. The fourth-order valence-corrected chi connectivity index (χ4v) is 9.17. The van der Waals surface area contributed by atoms with Gasteiger partial charge in [-0.15, -0.1) is 26.0 Å². The number of aliphatic carboxylic acids is 2. The van der Waals surface area contributed by atoms with E-state index in [2.05, 4.69) is 10.7 Å². The number of carbonyl (C=O) groups excluding carboxylic acids is 2. The van der Waals surface area contributed by atoms with E-state index in [1.807, 2.05) is 19.8 Å². The molecule has 3 aliphatic rings. The summed E-state index contributed by atoms with van der Waals surface area (Å²) in [4.78, 5) is 54.7. The molecule has 0 radical (unpaired) electrons. The fourth-order valence-electron chi connectivity index (χ4n) is 8.77. The van der Waals surface area contributed by atoms with Crippen molar-refractivity contribution in [2.24, 2.45) is 17.8 Å². The van der Waals surface area contributed by atoms with Gasteiger partial charge in [0.05, 0.1) is 27.5 Å². The standard InChI is InChI=1S/C42H45Cl2F3N2O9/c1-7-35(50)48(40(38(52)53)15-9-10-23(3)21-40)29-12-14-32(37(44)26(29)6)57-31-13-11-27(31)18-25(5)34-22-41(39(54)55,16-17-56-34)49(36(51)8-2)30-20-28(43)33(19-24(30)4)58-42(45,46)47/h1-2,12,14,19-20,23,25,27,31,34H,9-11,13,15-18,21-22H2,3-6H3,(H,52,53)(H,54,55). The third-order valence-electron chi connectivity index (χ3n) is 11.9. The Morgan fingerprint density at radius 2 is 1.57 bits per heavy atom. The number of aryl methyl sites for hydroxylation is 1. The average molecular weight is 850 g/mol. The van der Waals surface area contributed by atoms with E-state index in [0.29, 0.717) is 30.6 Å². The van der Waals surface area contributed by atoms with Crippen LogP contribution in [0.2, 0.25) is 10.0 Å². The van der Waals surface area contributed by atoms with Crippen molar-refractivity contribution in [1.82, 2.24) is 0 Å². The molecular formula is C42H45Cl2F3N2O9. The lowest BCUT2D eigenvalue weighted by atomic mass is 9.73. The van der Waals surface area contributed by atoms with E-state index in [1.54, 1.807) is 19.1 Å². The van der Waals surface area contributed by atoms with E-state index in [1.165, 1.54) is 11.8 Å². The lowest BCUT2D eigenvalue weighted by Gasteiger charge is -2.47. The maximum Gasteiger partial charge on any atom is 0.573 e. The minimum atomic E-state index is -5.05. The topological polar surface area (TPSA) is 143 Å². The first-order valence-corrected chi connectivity index (χ1v) is 19.7. The Hall–Kier alpha value is -4.63. The molecule has 0 bridgehead atoms. The van der Waals surface area contributed by atoms with Gasteiger partial charge >= 0.3 is 30.1 Å². The van der Waals surface area contributed by atoms with E-state index >= 15 is 0 Å². The summed E-state index contributed by atoms with van der Waals surface area (Å²) in [5.41, 5.74) is -2.78. The number of carboxylic acid groups (broad SMARTS) is 2. The molecule has 2 N–H and O–H groups in total. The zero-order valence-electron chi connectivity index (χ0n) is 32.5. The van der Waals surface area contributed by atoms with E-state index in [-0.39, 0.29) is 78.1 Å². The monoisotopic (exact) mass is 848 g/mol. The lowest BCUT2D eigenvalue weighted by molar-refractivity contribution is -0.274. The van der Waals surface area contributed by atoms with Crippen LogP contribution in [0.1, 0.15) is 82.8 Å². The van der Waals surface area contributed by atoms with Crippen LogP contribution in [-0.2, 0) is 23.9 Å². The molecule has 7 unspecified atom stereocenters.